The predicted octanol–water partition coefficient (Wildman–Crippen LogP) is 18.9. The highest BCUT2D eigenvalue weighted by molar-refractivity contribution is 5.71. The van der Waals surface area contributed by atoms with Gasteiger partial charge in [0.2, 0.25) is 0 Å². The van der Waals surface area contributed by atoms with Gasteiger partial charge < -0.3 is 14.2 Å². The third-order valence-corrected chi connectivity index (χ3v) is 11.4. The van der Waals surface area contributed by atoms with Crippen LogP contribution in [-0.2, 0) is 28.6 Å². The van der Waals surface area contributed by atoms with E-state index in [1.807, 2.05) is 0 Å². The molecule has 0 radical (unpaired) electrons. The zero-order valence-corrected chi connectivity index (χ0v) is 44.5. The molecule has 0 N–H and O–H groups in total. The average Bonchev–Trinajstić information content (AvgIpc) is 3.35. The van der Waals surface area contributed by atoms with Crippen molar-refractivity contribution in [2.45, 2.75) is 245 Å². The third kappa shape index (κ3) is 54.6. The molecular formula is C63H102O6. The van der Waals surface area contributed by atoms with E-state index in [9.17, 15) is 14.4 Å². The van der Waals surface area contributed by atoms with Gasteiger partial charge in [0, 0.05) is 19.3 Å². The number of allylic oxidation sites excluding steroid dienone is 20. The van der Waals surface area contributed by atoms with Gasteiger partial charge in [-0.15, -0.1) is 0 Å². The summed E-state index contributed by atoms with van der Waals surface area (Å²) in [4.78, 5) is 38.1. The van der Waals surface area contributed by atoms with Gasteiger partial charge in [0.15, 0.2) is 6.10 Å². The first-order valence-corrected chi connectivity index (χ1v) is 28.0. The number of rotatable bonds is 49. The lowest BCUT2D eigenvalue weighted by atomic mass is 10.1. The second-order valence-electron chi connectivity index (χ2n) is 18.0. The summed E-state index contributed by atoms with van der Waals surface area (Å²) in [5.41, 5.74) is 0. The van der Waals surface area contributed by atoms with Crippen LogP contribution in [0.15, 0.2) is 122 Å². The number of unbranched alkanes of at least 4 members (excludes halogenated alkanes) is 18. The van der Waals surface area contributed by atoms with Gasteiger partial charge in [0.25, 0.3) is 0 Å². The van der Waals surface area contributed by atoms with Crippen LogP contribution in [0.4, 0.5) is 0 Å². The standard InChI is InChI=1S/C63H102O6/c1-4-7-10-13-16-19-22-25-27-29-30-31-32-34-35-38-41-44-47-50-53-56-62(65)68-59-60(58-67-61(64)55-52-49-46-43-40-37-24-21-18-15-12-9-6-3)69-63(66)57-54-51-48-45-42-39-36-33-28-26-23-20-17-14-11-8-5-2/h7-12,16-21,25-28,30-31,37,40,60H,4-6,13-15,22-24,29,32-36,38-39,41-59H2,1-3H3/b10-7-,11-8-,12-9-,19-16-,20-17-,21-18-,27-25-,28-26-,31-30-,40-37-. The summed E-state index contributed by atoms with van der Waals surface area (Å²) >= 11 is 0. The van der Waals surface area contributed by atoms with Crippen LogP contribution in [0.5, 0.6) is 0 Å². The first-order chi connectivity index (χ1) is 34.0. The molecule has 69 heavy (non-hydrogen) atoms. The van der Waals surface area contributed by atoms with Gasteiger partial charge in [-0.2, -0.15) is 0 Å². The van der Waals surface area contributed by atoms with E-state index in [1.165, 1.54) is 57.8 Å². The predicted molar refractivity (Wildman–Crippen MR) is 297 cm³/mol. The molecule has 0 aliphatic heterocycles. The van der Waals surface area contributed by atoms with Gasteiger partial charge in [-0.05, 0) is 122 Å². The number of carbonyl (C=O) groups excluding carboxylic acids is 3. The molecule has 0 amide bonds. The first-order valence-electron chi connectivity index (χ1n) is 28.0. The minimum atomic E-state index is -0.803. The van der Waals surface area contributed by atoms with Crippen LogP contribution in [0.25, 0.3) is 0 Å². The summed E-state index contributed by atoms with van der Waals surface area (Å²) in [6.45, 7) is 6.26. The summed E-state index contributed by atoms with van der Waals surface area (Å²) in [6.07, 6.45) is 77.6. The quantitative estimate of drug-likeness (QED) is 0.0262. The Morgan fingerprint density at radius 3 is 0.826 bits per heavy atom. The van der Waals surface area contributed by atoms with E-state index in [1.54, 1.807) is 0 Å². The van der Waals surface area contributed by atoms with E-state index in [2.05, 4.69) is 142 Å². The second kappa shape index (κ2) is 56.4. The molecule has 1 atom stereocenters. The zero-order valence-electron chi connectivity index (χ0n) is 44.5. The van der Waals surface area contributed by atoms with Crippen LogP contribution >= 0.6 is 0 Å². The Morgan fingerprint density at radius 2 is 0.522 bits per heavy atom. The van der Waals surface area contributed by atoms with Crippen molar-refractivity contribution in [2.24, 2.45) is 0 Å². The molecule has 0 spiro atoms. The number of carbonyl (C=O) groups is 3. The third-order valence-electron chi connectivity index (χ3n) is 11.4. The number of hydrogen-bond donors (Lipinski definition) is 0. The van der Waals surface area contributed by atoms with Gasteiger partial charge in [-0.3, -0.25) is 14.4 Å². The van der Waals surface area contributed by atoms with Crippen LogP contribution in [0, 0.1) is 0 Å². The molecule has 0 fully saturated rings. The first kappa shape index (κ1) is 64.8. The van der Waals surface area contributed by atoms with Crippen molar-refractivity contribution in [1.29, 1.82) is 0 Å². The molecule has 6 nitrogen and oxygen atoms in total. The molecular weight excluding hydrogens is 853 g/mol. The lowest BCUT2D eigenvalue weighted by Crippen LogP contribution is -2.30. The molecule has 0 heterocycles. The molecule has 0 rings (SSSR count). The normalized spacial score (nSPS) is 13.0. The summed E-state index contributed by atoms with van der Waals surface area (Å²) in [5.74, 6) is -0.949. The highest BCUT2D eigenvalue weighted by Gasteiger charge is 2.19. The maximum absolute atomic E-state index is 12.8. The van der Waals surface area contributed by atoms with Crippen LogP contribution in [0.1, 0.15) is 239 Å². The summed E-state index contributed by atoms with van der Waals surface area (Å²) in [6, 6.07) is 0. The molecule has 0 saturated carbocycles. The summed E-state index contributed by atoms with van der Waals surface area (Å²) in [7, 11) is 0. The Balaban J connectivity index is 4.43. The van der Waals surface area contributed by atoms with Crippen LogP contribution in [0.2, 0.25) is 0 Å². The molecule has 0 aromatic rings. The molecule has 0 saturated heterocycles. The maximum atomic E-state index is 12.8. The van der Waals surface area contributed by atoms with Gasteiger partial charge in [-0.25, -0.2) is 0 Å². The fourth-order valence-electron chi connectivity index (χ4n) is 7.34. The van der Waals surface area contributed by atoms with E-state index < -0.39 is 6.10 Å². The average molecular weight is 956 g/mol. The van der Waals surface area contributed by atoms with E-state index in [0.29, 0.717) is 19.3 Å². The second-order valence-corrected chi connectivity index (χ2v) is 18.0. The lowest BCUT2D eigenvalue weighted by Gasteiger charge is -2.18. The highest BCUT2D eigenvalue weighted by atomic mass is 16.6. The van der Waals surface area contributed by atoms with Crippen molar-refractivity contribution in [3.63, 3.8) is 0 Å². The van der Waals surface area contributed by atoms with Gasteiger partial charge in [0.1, 0.15) is 13.2 Å². The molecule has 6 heteroatoms. The van der Waals surface area contributed by atoms with Gasteiger partial charge >= 0.3 is 17.9 Å². The minimum absolute atomic E-state index is 0.0989. The van der Waals surface area contributed by atoms with Crippen molar-refractivity contribution >= 4 is 17.9 Å². The fraction of sp³-hybridized carbons (Fsp3) is 0.635. The number of hydrogen-bond acceptors (Lipinski definition) is 6. The van der Waals surface area contributed by atoms with E-state index in [-0.39, 0.29) is 31.1 Å². The van der Waals surface area contributed by atoms with Crippen molar-refractivity contribution in [3.05, 3.63) is 122 Å². The van der Waals surface area contributed by atoms with Gasteiger partial charge in [0.05, 0.1) is 0 Å². The Kier molecular flexibility index (Phi) is 53.0. The largest absolute Gasteiger partial charge is 0.462 e. The Bertz CT molecular complexity index is 1470. The van der Waals surface area contributed by atoms with Crippen molar-refractivity contribution in [3.8, 4) is 0 Å². The van der Waals surface area contributed by atoms with E-state index in [4.69, 9.17) is 14.2 Å². The van der Waals surface area contributed by atoms with Crippen molar-refractivity contribution < 1.29 is 28.6 Å². The number of esters is 3. The lowest BCUT2D eigenvalue weighted by molar-refractivity contribution is -0.167. The topological polar surface area (TPSA) is 78.9 Å². The Hall–Kier alpha value is -4.19. The molecule has 1 unspecified atom stereocenters. The number of ether oxygens (including phenoxy) is 3. The Morgan fingerprint density at radius 1 is 0.290 bits per heavy atom. The smallest absolute Gasteiger partial charge is 0.306 e. The van der Waals surface area contributed by atoms with Crippen LogP contribution in [-0.4, -0.2) is 37.2 Å². The zero-order chi connectivity index (χ0) is 50.0. The molecule has 0 aliphatic rings. The van der Waals surface area contributed by atoms with Crippen molar-refractivity contribution in [2.75, 3.05) is 13.2 Å². The fourth-order valence-corrected chi connectivity index (χ4v) is 7.34. The molecule has 0 aliphatic carbocycles. The van der Waals surface area contributed by atoms with Crippen molar-refractivity contribution in [1.82, 2.24) is 0 Å². The Labute approximate surface area is 424 Å². The SMILES string of the molecule is CC/C=C\C/C=C\C/C=C\C/C=C\CCCCCCCCCCC(=O)OCC(COC(=O)CCCCC/C=C\C/C=C\C/C=C\CC)OC(=O)CCCCCCCCC/C=C\C/C=C\C/C=C\CC. The molecule has 390 valence electrons. The summed E-state index contributed by atoms with van der Waals surface area (Å²) in [5, 5.41) is 0. The molecule has 0 aromatic heterocycles. The highest BCUT2D eigenvalue weighted by Crippen LogP contribution is 2.14. The molecule has 0 aromatic carbocycles. The van der Waals surface area contributed by atoms with Crippen LogP contribution in [0.3, 0.4) is 0 Å². The monoisotopic (exact) mass is 955 g/mol. The maximum Gasteiger partial charge on any atom is 0.306 e. The van der Waals surface area contributed by atoms with Crippen LogP contribution < -0.4 is 0 Å². The van der Waals surface area contributed by atoms with E-state index in [0.717, 1.165) is 141 Å². The summed E-state index contributed by atoms with van der Waals surface area (Å²) < 4.78 is 16.8. The molecule has 0 bridgehead atoms. The minimum Gasteiger partial charge on any atom is -0.462 e. The van der Waals surface area contributed by atoms with Gasteiger partial charge in [-0.1, -0.05) is 219 Å². The van der Waals surface area contributed by atoms with E-state index >= 15 is 0 Å².